The Kier molecular flexibility index (Phi) is 4.49. The summed E-state index contributed by atoms with van der Waals surface area (Å²) in [5.74, 6) is -0.0310. The van der Waals surface area contributed by atoms with E-state index >= 15 is 0 Å². The number of thioether (sulfide) groups is 1. The van der Waals surface area contributed by atoms with Crippen molar-refractivity contribution >= 4 is 29.4 Å². The van der Waals surface area contributed by atoms with Gasteiger partial charge in [0.2, 0.25) is 0 Å². The maximum Gasteiger partial charge on any atom is 0.260 e. The molecule has 1 aliphatic rings. The zero-order valence-corrected chi connectivity index (χ0v) is 13.2. The number of hydrogen-bond acceptors (Lipinski definition) is 3. The van der Waals surface area contributed by atoms with E-state index in [4.69, 9.17) is 0 Å². The van der Waals surface area contributed by atoms with Gasteiger partial charge in [-0.1, -0.05) is 61.2 Å². The summed E-state index contributed by atoms with van der Waals surface area (Å²) in [6, 6.07) is 18.2. The minimum atomic E-state index is -0.130. The van der Waals surface area contributed by atoms with Crippen molar-refractivity contribution in [2.24, 2.45) is 0 Å². The lowest BCUT2D eigenvalue weighted by Crippen LogP contribution is -2.30. The summed E-state index contributed by atoms with van der Waals surface area (Å²) in [6.45, 7) is 2.14. The molecule has 0 radical (unpaired) electrons. The monoisotopic (exact) mass is 310 g/mol. The zero-order chi connectivity index (χ0) is 15.4. The van der Waals surface area contributed by atoms with Crippen LogP contribution >= 0.6 is 11.8 Å². The van der Waals surface area contributed by atoms with Crippen LogP contribution in [0.1, 0.15) is 18.1 Å². The van der Waals surface area contributed by atoms with E-state index in [9.17, 15) is 4.79 Å². The summed E-state index contributed by atoms with van der Waals surface area (Å²) < 4.78 is 0. The third-order valence-electron chi connectivity index (χ3n) is 3.49. The fraction of sp³-hybridized carbons (Fsp3) is 0.167. The SMILES string of the molecule is CCc1ccc(N[C@H]2NC(=O)/C(=C/c3ccccc3)S2)cc1. The van der Waals surface area contributed by atoms with Crippen LogP contribution in [0.3, 0.4) is 0 Å². The van der Waals surface area contributed by atoms with E-state index in [1.165, 1.54) is 17.3 Å². The molecule has 1 atom stereocenters. The van der Waals surface area contributed by atoms with Gasteiger partial charge in [-0.25, -0.2) is 0 Å². The summed E-state index contributed by atoms with van der Waals surface area (Å²) in [5, 5.41) is 6.27. The number of carbonyl (C=O) groups is 1. The Hall–Kier alpha value is -2.20. The number of nitrogens with one attached hydrogen (secondary N) is 2. The van der Waals surface area contributed by atoms with Crippen molar-refractivity contribution in [3.8, 4) is 0 Å². The smallest absolute Gasteiger partial charge is 0.260 e. The summed E-state index contributed by atoms with van der Waals surface area (Å²) in [7, 11) is 0. The van der Waals surface area contributed by atoms with Crippen molar-refractivity contribution in [3.05, 3.63) is 70.6 Å². The standard InChI is InChI=1S/C18H18N2OS/c1-2-13-8-10-15(11-9-13)19-18-20-17(21)16(22-18)12-14-6-4-3-5-7-14/h3-12,18-19H,2H2,1H3,(H,20,21)/b16-12-/t18-/m0/s1. The Morgan fingerprint density at radius 1 is 1.14 bits per heavy atom. The molecule has 0 unspecified atom stereocenters. The number of rotatable bonds is 4. The van der Waals surface area contributed by atoms with Crippen molar-refractivity contribution in [2.45, 2.75) is 18.8 Å². The molecule has 3 nitrogen and oxygen atoms in total. The van der Waals surface area contributed by atoms with E-state index < -0.39 is 0 Å². The van der Waals surface area contributed by atoms with Crippen LogP contribution in [0, 0.1) is 0 Å². The van der Waals surface area contributed by atoms with Crippen LogP contribution in [-0.2, 0) is 11.2 Å². The molecule has 1 heterocycles. The predicted molar refractivity (Wildman–Crippen MR) is 93.4 cm³/mol. The second-order valence-electron chi connectivity index (χ2n) is 5.09. The minimum absolute atomic E-state index is 0.0310. The second kappa shape index (κ2) is 6.71. The molecule has 0 aromatic heterocycles. The number of benzene rings is 2. The average molecular weight is 310 g/mol. The highest BCUT2D eigenvalue weighted by Crippen LogP contribution is 2.30. The van der Waals surface area contributed by atoms with Gasteiger partial charge in [0.25, 0.3) is 5.91 Å². The molecular weight excluding hydrogens is 292 g/mol. The average Bonchev–Trinajstić information content (AvgIpc) is 2.88. The highest BCUT2D eigenvalue weighted by atomic mass is 32.2. The Labute approximate surface area is 134 Å². The molecule has 2 aromatic rings. The maximum atomic E-state index is 12.0. The van der Waals surface area contributed by atoms with Crippen molar-refractivity contribution in [2.75, 3.05) is 5.32 Å². The molecule has 3 rings (SSSR count). The molecule has 2 N–H and O–H groups in total. The highest BCUT2D eigenvalue weighted by Gasteiger charge is 2.26. The van der Waals surface area contributed by atoms with Crippen molar-refractivity contribution in [1.29, 1.82) is 0 Å². The summed E-state index contributed by atoms with van der Waals surface area (Å²) >= 11 is 1.51. The van der Waals surface area contributed by atoms with Gasteiger partial charge in [0.15, 0.2) is 5.50 Å². The van der Waals surface area contributed by atoms with Crippen LogP contribution in [0.25, 0.3) is 6.08 Å². The van der Waals surface area contributed by atoms with Crippen molar-refractivity contribution in [1.82, 2.24) is 5.32 Å². The minimum Gasteiger partial charge on any atom is -0.357 e. The van der Waals surface area contributed by atoms with Gasteiger partial charge in [-0.2, -0.15) is 0 Å². The molecule has 1 fully saturated rings. The Bertz CT molecular complexity index is 680. The fourth-order valence-electron chi connectivity index (χ4n) is 2.25. The van der Waals surface area contributed by atoms with E-state index in [1.807, 2.05) is 48.5 Å². The quantitative estimate of drug-likeness (QED) is 0.843. The number of hydrogen-bond donors (Lipinski definition) is 2. The van der Waals surface area contributed by atoms with Crippen LogP contribution in [0.5, 0.6) is 0 Å². The van der Waals surface area contributed by atoms with Crippen molar-refractivity contribution in [3.63, 3.8) is 0 Å². The summed E-state index contributed by atoms with van der Waals surface area (Å²) in [4.78, 5) is 12.8. The van der Waals surface area contributed by atoms with Crippen LogP contribution in [0.4, 0.5) is 5.69 Å². The molecule has 0 bridgehead atoms. The molecule has 0 spiro atoms. The first-order chi connectivity index (χ1) is 10.7. The highest BCUT2D eigenvalue weighted by molar-refractivity contribution is 8.05. The topological polar surface area (TPSA) is 41.1 Å². The van der Waals surface area contributed by atoms with Gasteiger partial charge < -0.3 is 10.6 Å². The first-order valence-corrected chi connectivity index (χ1v) is 8.22. The van der Waals surface area contributed by atoms with Gasteiger partial charge in [-0.15, -0.1) is 0 Å². The third-order valence-corrected chi connectivity index (χ3v) is 4.52. The maximum absolute atomic E-state index is 12.0. The van der Waals surface area contributed by atoms with Crippen LogP contribution in [0.15, 0.2) is 59.5 Å². The van der Waals surface area contributed by atoms with Gasteiger partial charge in [0, 0.05) is 5.69 Å². The number of amides is 1. The molecule has 0 saturated carbocycles. The van der Waals surface area contributed by atoms with E-state index in [2.05, 4.69) is 29.7 Å². The Morgan fingerprint density at radius 2 is 1.86 bits per heavy atom. The van der Waals surface area contributed by atoms with E-state index in [0.717, 1.165) is 22.6 Å². The molecule has 1 aliphatic heterocycles. The Balaban J connectivity index is 1.67. The van der Waals surface area contributed by atoms with Crippen LogP contribution in [-0.4, -0.2) is 11.4 Å². The molecule has 1 amide bonds. The molecule has 2 aromatic carbocycles. The molecule has 22 heavy (non-hydrogen) atoms. The molecule has 112 valence electrons. The van der Waals surface area contributed by atoms with Gasteiger partial charge in [0.05, 0.1) is 4.91 Å². The first-order valence-electron chi connectivity index (χ1n) is 7.34. The van der Waals surface area contributed by atoms with Gasteiger partial charge >= 0.3 is 0 Å². The lowest BCUT2D eigenvalue weighted by atomic mass is 10.1. The predicted octanol–water partition coefficient (Wildman–Crippen LogP) is 3.85. The number of carbonyl (C=O) groups excluding carboxylic acids is 1. The molecular formula is C18H18N2OS. The molecule has 1 saturated heterocycles. The lowest BCUT2D eigenvalue weighted by molar-refractivity contribution is -0.116. The van der Waals surface area contributed by atoms with Crippen molar-refractivity contribution < 1.29 is 4.79 Å². The van der Waals surface area contributed by atoms with Crippen LogP contribution < -0.4 is 10.6 Å². The summed E-state index contributed by atoms with van der Waals surface area (Å²) in [6.07, 6.45) is 2.95. The molecule has 0 aliphatic carbocycles. The number of aryl methyl sites for hydroxylation is 1. The largest absolute Gasteiger partial charge is 0.357 e. The third kappa shape index (κ3) is 3.52. The van der Waals surface area contributed by atoms with Crippen LogP contribution in [0.2, 0.25) is 0 Å². The number of anilines is 1. The van der Waals surface area contributed by atoms with E-state index in [-0.39, 0.29) is 11.4 Å². The van der Waals surface area contributed by atoms with Gasteiger partial charge in [-0.05, 0) is 35.8 Å². The molecule has 4 heteroatoms. The zero-order valence-electron chi connectivity index (χ0n) is 12.4. The first kappa shape index (κ1) is 14.7. The summed E-state index contributed by atoms with van der Waals surface area (Å²) in [5.41, 5.74) is 3.22. The Morgan fingerprint density at radius 3 is 2.55 bits per heavy atom. The van der Waals surface area contributed by atoms with E-state index in [1.54, 1.807) is 0 Å². The van der Waals surface area contributed by atoms with Gasteiger partial charge in [0.1, 0.15) is 0 Å². The van der Waals surface area contributed by atoms with Gasteiger partial charge in [-0.3, -0.25) is 4.79 Å². The lowest BCUT2D eigenvalue weighted by Gasteiger charge is -2.12. The van der Waals surface area contributed by atoms with E-state index in [0.29, 0.717) is 0 Å². The second-order valence-corrected chi connectivity index (χ2v) is 6.23. The fourth-order valence-corrected chi connectivity index (χ4v) is 3.24. The normalized spacial score (nSPS) is 19.2.